The van der Waals surface area contributed by atoms with Crippen molar-refractivity contribution >= 4 is 6.08 Å². The maximum Gasteiger partial charge on any atom is 0.231 e. The van der Waals surface area contributed by atoms with Gasteiger partial charge in [-0.15, -0.1) is 0 Å². The molecule has 0 aliphatic heterocycles. The summed E-state index contributed by atoms with van der Waals surface area (Å²) < 4.78 is 4.79. The van der Waals surface area contributed by atoms with E-state index in [-0.39, 0.29) is 5.75 Å². The number of rotatable bonds is 1. The third kappa shape index (κ3) is 3.39. The molecule has 0 aliphatic carbocycles. The Morgan fingerprint density at radius 3 is 2.33 bits per heavy atom. The van der Waals surface area contributed by atoms with E-state index in [1.807, 2.05) is 0 Å². The first-order chi connectivity index (χ1) is 5.76. The number of aromatic hydroxyl groups is 1. The van der Waals surface area contributed by atoms with Crippen LogP contribution in [0.25, 0.3) is 0 Å². The predicted octanol–water partition coefficient (Wildman–Crippen LogP) is 1.30. The highest BCUT2D eigenvalue weighted by Crippen LogP contribution is 2.22. The van der Waals surface area contributed by atoms with Gasteiger partial charge in [0.15, 0.2) is 11.5 Å². The summed E-state index contributed by atoms with van der Waals surface area (Å²) in [6, 6.07) is 6.84. The van der Waals surface area contributed by atoms with Gasteiger partial charge in [0.25, 0.3) is 0 Å². The fourth-order valence-corrected chi connectivity index (χ4v) is 0.630. The number of isocyanates is 1. The third-order valence-electron chi connectivity index (χ3n) is 1.09. The van der Waals surface area contributed by atoms with Crippen LogP contribution in [0.4, 0.5) is 0 Å². The number of nitrogens with one attached hydrogen (secondary N) is 1. The molecule has 1 aromatic rings. The minimum absolute atomic E-state index is 0.181. The zero-order chi connectivity index (χ0) is 9.40. The molecule has 0 radical (unpaired) electrons. The number of methoxy groups -OCH3 is 1. The Labute approximate surface area is 69.9 Å². The molecule has 0 spiro atoms. The molecule has 0 unspecified atom stereocenters. The summed E-state index contributed by atoms with van der Waals surface area (Å²) in [4.78, 5) is 8.35. The van der Waals surface area contributed by atoms with Gasteiger partial charge < -0.3 is 9.84 Å². The van der Waals surface area contributed by atoms with Crippen molar-refractivity contribution in [3.63, 3.8) is 0 Å². The lowest BCUT2D eigenvalue weighted by molar-refractivity contribution is 0.373. The third-order valence-corrected chi connectivity index (χ3v) is 1.09. The van der Waals surface area contributed by atoms with Crippen molar-refractivity contribution in [1.29, 1.82) is 5.41 Å². The summed E-state index contributed by atoms with van der Waals surface area (Å²) in [5.41, 5.74) is 0. The molecule has 0 fully saturated rings. The molecule has 0 heterocycles. The van der Waals surface area contributed by atoms with E-state index in [1.54, 1.807) is 24.3 Å². The molecular weight excluding hydrogens is 158 g/mol. The van der Waals surface area contributed by atoms with Crippen molar-refractivity contribution in [2.24, 2.45) is 0 Å². The number of ether oxygens (including phenoxy) is 1. The first kappa shape index (κ1) is 10.2. The number of hydrogen-bond acceptors (Lipinski definition) is 4. The normalized spacial score (nSPS) is 7.42. The molecule has 64 valence electrons. The average molecular weight is 167 g/mol. The second-order valence-electron chi connectivity index (χ2n) is 1.77. The highest BCUT2D eigenvalue weighted by atomic mass is 16.5. The van der Waals surface area contributed by atoms with Crippen LogP contribution in [-0.2, 0) is 4.79 Å². The van der Waals surface area contributed by atoms with Crippen LogP contribution >= 0.6 is 0 Å². The Morgan fingerprint density at radius 1 is 1.50 bits per heavy atom. The number of carbonyl (C=O) groups excluding carboxylic acids is 1. The van der Waals surface area contributed by atoms with E-state index >= 15 is 0 Å². The Morgan fingerprint density at radius 2 is 2.00 bits per heavy atom. The summed E-state index contributed by atoms with van der Waals surface area (Å²) in [6.45, 7) is 0. The molecule has 2 N–H and O–H groups in total. The first-order valence-electron chi connectivity index (χ1n) is 3.12. The SMILES string of the molecule is COc1ccccc1O.N=C=O. The van der Waals surface area contributed by atoms with Gasteiger partial charge in [-0.2, -0.15) is 0 Å². The highest BCUT2D eigenvalue weighted by molar-refractivity contribution is 5.37. The summed E-state index contributed by atoms with van der Waals surface area (Å²) in [5, 5.41) is 14.4. The molecule has 0 aromatic heterocycles. The van der Waals surface area contributed by atoms with Gasteiger partial charge >= 0.3 is 0 Å². The van der Waals surface area contributed by atoms with Gasteiger partial charge in [0.1, 0.15) is 0 Å². The largest absolute Gasteiger partial charge is 0.504 e. The van der Waals surface area contributed by atoms with E-state index in [4.69, 9.17) is 20.0 Å². The first-order valence-corrected chi connectivity index (χ1v) is 3.12. The summed E-state index contributed by atoms with van der Waals surface area (Å²) in [7, 11) is 1.52. The molecule has 0 amide bonds. The van der Waals surface area contributed by atoms with Crippen LogP contribution in [0.2, 0.25) is 0 Å². The maximum atomic E-state index is 8.99. The molecule has 1 aromatic carbocycles. The van der Waals surface area contributed by atoms with Gasteiger partial charge in [0, 0.05) is 0 Å². The van der Waals surface area contributed by atoms with Crippen molar-refractivity contribution in [1.82, 2.24) is 0 Å². The van der Waals surface area contributed by atoms with Crippen LogP contribution in [0.15, 0.2) is 24.3 Å². The van der Waals surface area contributed by atoms with Crippen molar-refractivity contribution in [2.75, 3.05) is 7.11 Å². The van der Waals surface area contributed by atoms with Crippen molar-refractivity contribution in [2.45, 2.75) is 0 Å². The van der Waals surface area contributed by atoms with Crippen molar-refractivity contribution < 1.29 is 14.6 Å². The van der Waals surface area contributed by atoms with Crippen LogP contribution in [-0.4, -0.2) is 18.3 Å². The molecular formula is C8H9NO3. The van der Waals surface area contributed by atoms with Gasteiger partial charge in [-0.1, -0.05) is 12.1 Å². The maximum absolute atomic E-state index is 8.99. The van der Waals surface area contributed by atoms with Gasteiger partial charge in [-0.05, 0) is 12.1 Å². The van der Waals surface area contributed by atoms with E-state index in [0.717, 1.165) is 6.08 Å². The van der Waals surface area contributed by atoms with Crippen LogP contribution in [0.5, 0.6) is 11.5 Å². The lowest BCUT2D eigenvalue weighted by Crippen LogP contribution is -1.80. The zero-order valence-corrected chi connectivity index (χ0v) is 6.57. The monoisotopic (exact) mass is 167 g/mol. The number of phenols is 1. The van der Waals surface area contributed by atoms with E-state index < -0.39 is 0 Å². The molecule has 4 nitrogen and oxygen atoms in total. The number of hydrogen-bond donors (Lipinski definition) is 2. The van der Waals surface area contributed by atoms with Gasteiger partial charge in [-0.25, -0.2) is 10.2 Å². The highest BCUT2D eigenvalue weighted by Gasteiger charge is 1.94. The molecule has 1 rings (SSSR count). The number of para-hydroxylation sites is 2. The van der Waals surface area contributed by atoms with E-state index in [2.05, 4.69) is 0 Å². The lowest BCUT2D eigenvalue weighted by atomic mass is 10.3. The molecule has 12 heavy (non-hydrogen) atoms. The summed E-state index contributed by atoms with van der Waals surface area (Å²) >= 11 is 0. The molecule has 0 atom stereocenters. The summed E-state index contributed by atoms with van der Waals surface area (Å²) in [5.74, 6) is 0.692. The second-order valence-corrected chi connectivity index (χ2v) is 1.77. The molecule has 0 saturated carbocycles. The van der Waals surface area contributed by atoms with Crippen molar-refractivity contribution in [3.05, 3.63) is 24.3 Å². The molecule has 0 aliphatic rings. The van der Waals surface area contributed by atoms with Gasteiger partial charge in [0.2, 0.25) is 6.08 Å². The van der Waals surface area contributed by atoms with E-state index in [0.29, 0.717) is 5.75 Å². The van der Waals surface area contributed by atoms with Gasteiger partial charge in [0.05, 0.1) is 7.11 Å². The minimum atomic E-state index is 0.181. The van der Waals surface area contributed by atoms with E-state index in [1.165, 1.54) is 7.11 Å². The van der Waals surface area contributed by atoms with Crippen LogP contribution < -0.4 is 4.74 Å². The smallest absolute Gasteiger partial charge is 0.231 e. The fourth-order valence-electron chi connectivity index (χ4n) is 0.630. The number of benzene rings is 1. The summed E-state index contributed by atoms with van der Waals surface area (Å²) in [6.07, 6.45) is 0.750. The fraction of sp³-hybridized carbons (Fsp3) is 0.125. The van der Waals surface area contributed by atoms with Gasteiger partial charge in [-0.3, -0.25) is 0 Å². The molecule has 0 bridgehead atoms. The average Bonchev–Trinajstić information content (AvgIpc) is 2.07. The predicted molar refractivity (Wildman–Crippen MR) is 43.1 cm³/mol. The minimum Gasteiger partial charge on any atom is -0.504 e. The van der Waals surface area contributed by atoms with Crippen LogP contribution in [0.3, 0.4) is 0 Å². The Hall–Kier alpha value is -1.80. The zero-order valence-electron chi connectivity index (χ0n) is 6.57. The lowest BCUT2D eigenvalue weighted by Gasteiger charge is -1.99. The molecule has 4 heteroatoms. The number of phenolic OH excluding ortho intramolecular Hbond substituents is 1. The topological polar surface area (TPSA) is 70.4 Å². The van der Waals surface area contributed by atoms with Crippen LogP contribution in [0, 0.1) is 5.41 Å². The van der Waals surface area contributed by atoms with E-state index in [9.17, 15) is 0 Å². The van der Waals surface area contributed by atoms with Crippen molar-refractivity contribution in [3.8, 4) is 11.5 Å². The Kier molecular flexibility index (Phi) is 5.05. The standard InChI is InChI=1S/C7H8O2.CHNO/c1-9-7-5-3-2-4-6(7)8;2-1-3/h2-5,8H,1H3;2H. The van der Waals surface area contributed by atoms with Crippen LogP contribution in [0.1, 0.15) is 0 Å². The Bertz CT molecular complexity index is 267. The molecule has 0 saturated heterocycles. The second kappa shape index (κ2) is 5.95. The quantitative estimate of drug-likeness (QED) is 0.489. The Balaban J connectivity index is 0.000000354.